The van der Waals surface area contributed by atoms with Crippen LogP contribution in [0.15, 0.2) is 42.7 Å². The average Bonchev–Trinajstić information content (AvgIpc) is 2.84. The van der Waals surface area contributed by atoms with Gasteiger partial charge in [-0.25, -0.2) is 4.98 Å². The smallest absolute Gasteiger partial charge is 0.139 e. The molecule has 0 spiro atoms. The van der Waals surface area contributed by atoms with Gasteiger partial charge in [-0.2, -0.15) is 0 Å². The lowest BCUT2D eigenvalue weighted by molar-refractivity contribution is 0.933. The first-order chi connectivity index (χ1) is 7.77. The van der Waals surface area contributed by atoms with Crippen LogP contribution in [0, 0.1) is 0 Å². The van der Waals surface area contributed by atoms with Crippen LogP contribution in [-0.2, 0) is 7.05 Å². The third-order valence-electron chi connectivity index (χ3n) is 2.75. The number of imidazole rings is 1. The third-order valence-corrected chi connectivity index (χ3v) is 2.75. The van der Waals surface area contributed by atoms with Crippen molar-refractivity contribution in [1.29, 1.82) is 0 Å². The number of hydrogen-bond acceptors (Lipinski definition) is 2. The van der Waals surface area contributed by atoms with Gasteiger partial charge in [-0.1, -0.05) is 6.07 Å². The summed E-state index contributed by atoms with van der Waals surface area (Å²) in [5, 5.41) is 0. The Morgan fingerprint density at radius 1 is 1.12 bits per heavy atom. The van der Waals surface area contributed by atoms with Crippen LogP contribution in [0.3, 0.4) is 0 Å². The number of fused-ring (bicyclic) bond motifs is 1. The number of nitrogens with zero attached hydrogens (tertiary/aromatic N) is 3. The molecular weight excluding hydrogens is 200 g/mol. The van der Waals surface area contributed by atoms with Gasteiger partial charge in [-0.15, -0.1) is 0 Å². The molecule has 3 rings (SSSR count). The van der Waals surface area contributed by atoms with Crippen molar-refractivity contribution >= 4 is 11.5 Å². The van der Waals surface area contributed by atoms with Crippen molar-refractivity contribution in [2.24, 2.45) is 7.05 Å². The molecule has 0 unspecified atom stereocenters. The highest BCUT2D eigenvalue weighted by Gasteiger charge is 2.12. The van der Waals surface area contributed by atoms with E-state index in [0.29, 0.717) is 5.82 Å². The quantitative estimate of drug-likeness (QED) is 0.670. The summed E-state index contributed by atoms with van der Waals surface area (Å²) in [4.78, 5) is 4.53. The normalized spacial score (nSPS) is 11.1. The van der Waals surface area contributed by atoms with E-state index in [0.717, 1.165) is 17.0 Å². The van der Waals surface area contributed by atoms with Crippen molar-refractivity contribution < 1.29 is 0 Å². The molecule has 3 aromatic rings. The fourth-order valence-electron chi connectivity index (χ4n) is 1.91. The van der Waals surface area contributed by atoms with Crippen molar-refractivity contribution in [3.8, 4) is 11.4 Å². The molecule has 4 nitrogen and oxygen atoms in total. The molecule has 0 fully saturated rings. The van der Waals surface area contributed by atoms with Crippen LogP contribution in [-0.4, -0.2) is 14.0 Å². The zero-order chi connectivity index (χ0) is 11.1. The molecule has 2 N–H and O–H groups in total. The largest absolute Gasteiger partial charge is 0.383 e. The highest BCUT2D eigenvalue weighted by Crippen LogP contribution is 2.25. The van der Waals surface area contributed by atoms with E-state index in [4.69, 9.17) is 5.73 Å². The predicted molar refractivity (Wildman–Crippen MR) is 64.0 cm³/mol. The Balaban J connectivity index is 2.33. The maximum atomic E-state index is 6.09. The summed E-state index contributed by atoms with van der Waals surface area (Å²) in [5.74, 6) is 0.678. The maximum Gasteiger partial charge on any atom is 0.139 e. The van der Waals surface area contributed by atoms with E-state index < -0.39 is 0 Å². The number of pyridine rings is 1. The summed E-state index contributed by atoms with van der Waals surface area (Å²) in [6, 6.07) is 9.84. The van der Waals surface area contributed by atoms with Gasteiger partial charge >= 0.3 is 0 Å². The van der Waals surface area contributed by atoms with Gasteiger partial charge in [-0.05, 0) is 24.3 Å². The summed E-state index contributed by atoms with van der Waals surface area (Å²) in [7, 11) is 1.98. The molecule has 0 saturated carbocycles. The van der Waals surface area contributed by atoms with E-state index in [9.17, 15) is 0 Å². The fraction of sp³-hybridized carbons (Fsp3) is 0.0833. The molecule has 0 bridgehead atoms. The molecule has 0 saturated heterocycles. The molecular formula is C12H12N4. The molecule has 0 atom stereocenters. The Morgan fingerprint density at radius 2 is 2.00 bits per heavy atom. The predicted octanol–water partition coefficient (Wildman–Crippen LogP) is 1.92. The van der Waals surface area contributed by atoms with Crippen LogP contribution in [0.4, 0.5) is 5.82 Å². The molecule has 0 aromatic carbocycles. The van der Waals surface area contributed by atoms with Crippen LogP contribution < -0.4 is 5.73 Å². The zero-order valence-corrected chi connectivity index (χ0v) is 8.96. The van der Waals surface area contributed by atoms with Crippen molar-refractivity contribution in [2.75, 3.05) is 5.73 Å². The standard InChI is InChI=1S/C12H12N4/c1-15-7-4-5-9(15)11-12(13)16-8-3-2-6-10(16)14-11/h2-8H,13H2,1H3. The summed E-state index contributed by atoms with van der Waals surface area (Å²) in [6.07, 6.45) is 3.91. The molecule has 80 valence electrons. The van der Waals surface area contributed by atoms with Gasteiger partial charge in [-0.3, -0.25) is 4.40 Å². The lowest BCUT2D eigenvalue weighted by atomic mass is 10.3. The van der Waals surface area contributed by atoms with Crippen LogP contribution in [0.25, 0.3) is 17.0 Å². The maximum absolute atomic E-state index is 6.09. The Hall–Kier alpha value is -2.23. The molecule has 0 radical (unpaired) electrons. The summed E-state index contributed by atoms with van der Waals surface area (Å²) < 4.78 is 3.90. The second-order valence-corrected chi connectivity index (χ2v) is 3.78. The molecule has 0 amide bonds. The topological polar surface area (TPSA) is 48.2 Å². The van der Waals surface area contributed by atoms with Gasteiger partial charge in [0.25, 0.3) is 0 Å². The molecule has 0 aliphatic heterocycles. The van der Waals surface area contributed by atoms with E-state index in [2.05, 4.69) is 4.98 Å². The Kier molecular flexibility index (Phi) is 1.77. The summed E-state index contributed by atoms with van der Waals surface area (Å²) in [5.41, 5.74) is 8.82. The first kappa shape index (κ1) is 9.03. The number of hydrogen-bond donors (Lipinski definition) is 1. The monoisotopic (exact) mass is 212 g/mol. The van der Waals surface area contributed by atoms with Crippen LogP contribution >= 0.6 is 0 Å². The zero-order valence-electron chi connectivity index (χ0n) is 8.96. The van der Waals surface area contributed by atoms with E-state index >= 15 is 0 Å². The van der Waals surface area contributed by atoms with Crippen molar-refractivity contribution in [2.45, 2.75) is 0 Å². The van der Waals surface area contributed by atoms with E-state index in [1.165, 1.54) is 0 Å². The molecule has 0 aliphatic rings. The Labute approximate surface area is 93.0 Å². The van der Waals surface area contributed by atoms with E-state index in [1.807, 2.05) is 58.7 Å². The summed E-state index contributed by atoms with van der Waals surface area (Å²) >= 11 is 0. The molecule has 16 heavy (non-hydrogen) atoms. The van der Waals surface area contributed by atoms with Crippen LogP contribution in [0.2, 0.25) is 0 Å². The fourth-order valence-corrected chi connectivity index (χ4v) is 1.91. The van der Waals surface area contributed by atoms with Gasteiger partial charge in [0.15, 0.2) is 0 Å². The van der Waals surface area contributed by atoms with Gasteiger partial charge in [0.1, 0.15) is 17.2 Å². The summed E-state index contributed by atoms with van der Waals surface area (Å²) in [6.45, 7) is 0. The number of aromatic nitrogens is 3. The highest BCUT2D eigenvalue weighted by molar-refractivity contribution is 5.72. The molecule has 3 aromatic heterocycles. The number of nitrogens with two attached hydrogens (primary N) is 1. The van der Waals surface area contributed by atoms with E-state index in [-0.39, 0.29) is 0 Å². The van der Waals surface area contributed by atoms with Gasteiger partial charge in [0.2, 0.25) is 0 Å². The second-order valence-electron chi connectivity index (χ2n) is 3.78. The first-order valence-electron chi connectivity index (χ1n) is 5.11. The SMILES string of the molecule is Cn1cccc1-c1nc2ccccn2c1N. The Morgan fingerprint density at radius 3 is 2.69 bits per heavy atom. The number of nitrogen functional groups attached to an aromatic ring is 1. The van der Waals surface area contributed by atoms with Gasteiger partial charge < -0.3 is 10.3 Å². The van der Waals surface area contributed by atoms with Crippen molar-refractivity contribution in [3.63, 3.8) is 0 Å². The van der Waals surface area contributed by atoms with Crippen molar-refractivity contribution in [1.82, 2.24) is 14.0 Å². The second kappa shape index (κ2) is 3.13. The first-order valence-corrected chi connectivity index (χ1v) is 5.11. The minimum atomic E-state index is 0.678. The molecule has 3 heterocycles. The van der Waals surface area contributed by atoms with Gasteiger partial charge in [0, 0.05) is 19.4 Å². The third kappa shape index (κ3) is 1.13. The highest BCUT2D eigenvalue weighted by atomic mass is 15.1. The van der Waals surface area contributed by atoms with Crippen LogP contribution in [0.1, 0.15) is 0 Å². The average molecular weight is 212 g/mol. The molecule has 0 aliphatic carbocycles. The lowest BCUT2D eigenvalue weighted by Crippen LogP contribution is -1.96. The minimum absolute atomic E-state index is 0.678. The number of rotatable bonds is 1. The van der Waals surface area contributed by atoms with Crippen molar-refractivity contribution in [3.05, 3.63) is 42.7 Å². The Bertz CT molecular complexity index is 648. The lowest BCUT2D eigenvalue weighted by Gasteiger charge is -2.00. The van der Waals surface area contributed by atoms with E-state index in [1.54, 1.807) is 0 Å². The van der Waals surface area contributed by atoms with Gasteiger partial charge in [0.05, 0.1) is 5.69 Å². The minimum Gasteiger partial charge on any atom is -0.383 e. The van der Waals surface area contributed by atoms with Crippen LogP contribution in [0.5, 0.6) is 0 Å². The number of aryl methyl sites for hydroxylation is 1. The number of anilines is 1. The molecule has 4 heteroatoms.